The van der Waals surface area contributed by atoms with Gasteiger partial charge in [-0.1, -0.05) is 32.4 Å². The fourth-order valence-corrected chi connectivity index (χ4v) is 4.05. The van der Waals surface area contributed by atoms with Gasteiger partial charge in [0.05, 0.1) is 5.69 Å². The smallest absolute Gasteiger partial charge is 0.255 e. The van der Waals surface area contributed by atoms with Crippen molar-refractivity contribution in [3.05, 3.63) is 34.6 Å². The first-order valence-electron chi connectivity index (χ1n) is 5.79. The van der Waals surface area contributed by atoms with Crippen molar-refractivity contribution in [2.75, 3.05) is 4.72 Å². The summed E-state index contributed by atoms with van der Waals surface area (Å²) in [5, 5.41) is 2.09. The normalized spacial score (nSPS) is 12.4. The number of anilines is 1. The van der Waals surface area contributed by atoms with Crippen molar-refractivity contribution in [3.63, 3.8) is 0 Å². The van der Waals surface area contributed by atoms with Gasteiger partial charge in [-0.2, -0.15) is 0 Å². The zero-order chi connectivity index (χ0) is 15.0. The second-order valence-corrected chi connectivity index (χ2v) is 8.05. The molecule has 1 N–H and O–H groups in total. The van der Waals surface area contributed by atoms with Crippen molar-refractivity contribution in [2.45, 2.75) is 31.1 Å². The minimum atomic E-state index is -3.77. The average molecular weight is 332 g/mol. The number of hydrogen-bond donors (Lipinski definition) is 1. The molecular formula is C12H14ClN3O2S2. The third-order valence-corrected chi connectivity index (χ3v) is 5.18. The van der Waals surface area contributed by atoms with Crippen molar-refractivity contribution in [2.24, 2.45) is 0 Å². The van der Waals surface area contributed by atoms with Crippen LogP contribution >= 0.6 is 22.9 Å². The molecule has 108 valence electrons. The van der Waals surface area contributed by atoms with Crippen LogP contribution in [0.1, 0.15) is 26.5 Å². The van der Waals surface area contributed by atoms with Crippen LogP contribution in [-0.2, 0) is 15.4 Å². The Labute approximate surface area is 127 Å². The first-order chi connectivity index (χ1) is 9.20. The van der Waals surface area contributed by atoms with E-state index in [0.717, 1.165) is 5.69 Å². The van der Waals surface area contributed by atoms with Crippen LogP contribution in [0.5, 0.6) is 0 Å². The third kappa shape index (κ3) is 3.28. The number of thiazole rings is 1. The lowest BCUT2D eigenvalue weighted by molar-refractivity contribution is 0.573. The molecule has 0 atom stereocenters. The molecule has 0 aromatic carbocycles. The summed E-state index contributed by atoms with van der Waals surface area (Å²) < 4.78 is 26.8. The molecule has 0 aliphatic rings. The molecule has 0 saturated carbocycles. The fraction of sp³-hybridized carbons (Fsp3) is 0.333. The van der Waals surface area contributed by atoms with E-state index in [2.05, 4.69) is 14.7 Å². The van der Waals surface area contributed by atoms with E-state index in [1.165, 1.54) is 29.7 Å². The molecule has 5 nitrogen and oxygen atoms in total. The summed E-state index contributed by atoms with van der Waals surface area (Å²) in [6.07, 6.45) is 1.43. The lowest BCUT2D eigenvalue weighted by atomic mass is 9.93. The summed E-state index contributed by atoms with van der Waals surface area (Å²) in [5.41, 5.74) is 0.698. The molecule has 0 bridgehead atoms. The highest BCUT2D eigenvalue weighted by Crippen LogP contribution is 2.28. The van der Waals surface area contributed by atoms with E-state index in [1.54, 1.807) is 0 Å². The van der Waals surface area contributed by atoms with Crippen LogP contribution in [0.3, 0.4) is 0 Å². The Morgan fingerprint density at radius 3 is 2.60 bits per heavy atom. The molecule has 0 aliphatic carbocycles. The van der Waals surface area contributed by atoms with Crippen LogP contribution in [0.2, 0.25) is 5.15 Å². The molecular weight excluding hydrogens is 318 g/mol. The summed E-state index contributed by atoms with van der Waals surface area (Å²) in [5.74, 6) is 0. The highest BCUT2D eigenvalue weighted by Gasteiger charge is 2.22. The van der Waals surface area contributed by atoms with Crippen LogP contribution < -0.4 is 4.72 Å². The zero-order valence-corrected chi connectivity index (χ0v) is 13.6. The average Bonchev–Trinajstić information content (AvgIpc) is 2.76. The molecule has 8 heteroatoms. The standard InChI is InChI=1S/C12H14ClN3O2S2/c1-12(2,3)9-7-19-11(15-9)16-20(17,18)8-5-4-6-14-10(8)13/h4-7H,1-3H3,(H,15,16). The van der Waals surface area contributed by atoms with Crippen LogP contribution in [0.15, 0.2) is 28.6 Å². The fourth-order valence-electron chi connectivity index (χ4n) is 1.41. The number of nitrogens with one attached hydrogen (secondary N) is 1. The molecule has 0 unspecified atom stereocenters. The molecule has 20 heavy (non-hydrogen) atoms. The van der Waals surface area contributed by atoms with Gasteiger partial charge in [0, 0.05) is 17.0 Å². The maximum atomic E-state index is 12.2. The van der Waals surface area contributed by atoms with Gasteiger partial charge < -0.3 is 0 Å². The Balaban J connectivity index is 2.30. The van der Waals surface area contributed by atoms with Gasteiger partial charge in [0.1, 0.15) is 10.0 Å². The Bertz CT molecular complexity index is 720. The first-order valence-corrected chi connectivity index (χ1v) is 8.53. The lowest BCUT2D eigenvalue weighted by Gasteiger charge is -2.14. The minimum Gasteiger partial charge on any atom is -0.255 e. The molecule has 2 aromatic rings. The lowest BCUT2D eigenvalue weighted by Crippen LogP contribution is -2.15. The van der Waals surface area contributed by atoms with Gasteiger partial charge in [0.25, 0.3) is 10.0 Å². The summed E-state index contributed by atoms with van der Waals surface area (Å²) in [6.45, 7) is 6.04. The Kier molecular flexibility index (Phi) is 4.04. The Morgan fingerprint density at radius 1 is 1.35 bits per heavy atom. The van der Waals surface area contributed by atoms with Crippen LogP contribution in [0.4, 0.5) is 5.13 Å². The first kappa shape index (κ1) is 15.2. The second-order valence-electron chi connectivity index (χ2n) is 5.19. The van der Waals surface area contributed by atoms with Gasteiger partial charge in [-0.05, 0) is 12.1 Å². The van der Waals surface area contributed by atoms with Crippen molar-refractivity contribution >= 4 is 38.1 Å². The number of nitrogens with zero attached hydrogens (tertiary/aromatic N) is 2. The van der Waals surface area contributed by atoms with Crippen LogP contribution in [0, 0.1) is 0 Å². The summed E-state index contributed by atoms with van der Waals surface area (Å²) in [6, 6.07) is 2.92. The van der Waals surface area contributed by atoms with Crippen LogP contribution in [-0.4, -0.2) is 18.4 Å². The molecule has 0 amide bonds. The van der Waals surface area contributed by atoms with Gasteiger partial charge in [-0.25, -0.2) is 18.4 Å². The number of aromatic nitrogens is 2. The van der Waals surface area contributed by atoms with E-state index in [-0.39, 0.29) is 15.5 Å². The number of rotatable bonds is 3. The molecule has 2 heterocycles. The number of hydrogen-bond acceptors (Lipinski definition) is 5. The van der Waals surface area contributed by atoms with Crippen LogP contribution in [0.25, 0.3) is 0 Å². The zero-order valence-electron chi connectivity index (χ0n) is 11.2. The molecule has 0 saturated heterocycles. The summed E-state index contributed by atoms with van der Waals surface area (Å²) >= 11 is 7.04. The van der Waals surface area contributed by atoms with Crippen molar-refractivity contribution in [3.8, 4) is 0 Å². The Morgan fingerprint density at radius 2 is 2.05 bits per heavy atom. The summed E-state index contributed by atoms with van der Waals surface area (Å²) in [7, 11) is -3.77. The molecule has 0 fully saturated rings. The number of sulfonamides is 1. The largest absolute Gasteiger partial charge is 0.266 e. The van der Waals surface area contributed by atoms with E-state index < -0.39 is 10.0 Å². The van der Waals surface area contributed by atoms with Gasteiger partial charge in [0.15, 0.2) is 5.13 Å². The molecule has 2 rings (SSSR count). The SMILES string of the molecule is CC(C)(C)c1csc(NS(=O)(=O)c2cccnc2Cl)n1. The predicted molar refractivity (Wildman–Crippen MR) is 80.9 cm³/mol. The van der Waals surface area contributed by atoms with E-state index in [1.807, 2.05) is 26.2 Å². The van der Waals surface area contributed by atoms with E-state index in [9.17, 15) is 8.42 Å². The van der Waals surface area contributed by atoms with Gasteiger partial charge in [-0.15, -0.1) is 11.3 Å². The van der Waals surface area contributed by atoms with Crippen molar-refractivity contribution in [1.82, 2.24) is 9.97 Å². The second kappa shape index (κ2) is 5.31. The molecule has 2 aromatic heterocycles. The summed E-state index contributed by atoms with van der Waals surface area (Å²) in [4.78, 5) is 7.99. The van der Waals surface area contributed by atoms with Crippen molar-refractivity contribution in [1.29, 1.82) is 0 Å². The van der Waals surface area contributed by atoms with Gasteiger partial charge in [-0.3, -0.25) is 4.72 Å². The minimum absolute atomic E-state index is 0.0609. The topological polar surface area (TPSA) is 72.0 Å². The number of halogens is 1. The van der Waals surface area contributed by atoms with E-state index in [4.69, 9.17) is 11.6 Å². The molecule has 0 spiro atoms. The van der Waals surface area contributed by atoms with Crippen molar-refractivity contribution < 1.29 is 8.42 Å². The highest BCUT2D eigenvalue weighted by molar-refractivity contribution is 7.93. The van der Waals surface area contributed by atoms with E-state index in [0.29, 0.717) is 5.13 Å². The molecule has 0 aliphatic heterocycles. The maximum Gasteiger partial charge on any atom is 0.266 e. The van der Waals surface area contributed by atoms with Gasteiger partial charge >= 0.3 is 0 Å². The predicted octanol–water partition coefficient (Wildman–Crippen LogP) is 3.29. The monoisotopic (exact) mass is 331 g/mol. The van der Waals surface area contributed by atoms with Gasteiger partial charge in [0.2, 0.25) is 0 Å². The highest BCUT2D eigenvalue weighted by atomic mass is 35.5. The number of pyridine rings is 1. The molecule has 0 radical (unpaired) electrons. The third-order valence-electron chi connectivity index (χ3n) is 2.51. The van der Waals surface area contributed by atoms with E-state index >= 15 is 0 Å². The quantitative estimate of drug-likeness (QED) is 0.876. The maximum absolute atomic E-state index is 12.2. The Hall–Kier alpha value is -1.18.